The first-order valence-corrected chi connectivity index (χ1v) is 9.93. The molecule has 154 valence electrons. The van der Waals surface area contributed by atoms with Crippen molar-refractivity contribution in [1.82, 2.24) is 4.98 Å². The van der Waals surface area contributed by atoms with Crippen LogP contribution in [-0.4, -0.2) is 16.7 Å². The number of aryl methyl sites for hydroxylation is 2. The molecule has 0 bridgehead atoms. The SMILES string of the molecule is Cc1ccc(C(=O)[C@H](OC(=O)c2cc(=O)[nH]c3ccccc23)c2ccccc2)cc1C. The van der Waals surface area contributed by atoms with Crippen molar-refractivity contribution >= 4 is 22.7 Å². The van der Waals surface area contributed by atoms with E-state index < -0.39 is 17.6 Å². The predicted molar refractivity (Wildman–Crippen MR) is 119 cm³/mol. The van der Waals surface area contributed by atoms with Crippen LogP contribution in [0.15, 0.2) is 83.7 Å². The van der Waals surface area contributed by atoms with Crippen molar-refractivity contribution in [2.45, 2.75) is 20.0 Å². The normalized spacial score (nSPS) is 11.8. The smallest absolute Gasteiger partial charge is 0.340 e. The van der Waals surface area contributed by atoms with Crippen LogP contribution in [0.4, 0.5) is 0 Å². The molecule has 31 heavy (non-hydrogen) atoms. The van der Waals surface area contributed by atoms with E-state index in [2.05, 4.69) is 4.98 Å². The number of carbonyl (C=O) groups excluding carboxylic acids is 2. The summed E-state index contributed by atoms with van der Waals surface area (Å²) >= 11 is 0. The fourth-order valence-corrected chi connectivity index (χ4v) is 3.49. The first-order valence-electron chi connectivity index (χ1n) is 9.93. The van der Waals surface area contributed by atoms with Crippen LogP contribution in [0.25, 0.3) is 10.9 Å². The van der Waals surface area contributed by atoms with E-state index in [-0.39, 0.29) is 11.3 Å². The highest BCUT2D eigenvalue weighted by Gasteiger charge is 2.28. The quantitative estimate of drug-likeness (QED) is 0.373. The van der Waals surface area contributed by atoms with Crippen LogP contribution in [0, 0.1) is 13.8 Å². The van der Waals surface area contributed by atoms with Crippen molar-refractivity contribution < 1.29 is 14.3 Å². The molecule has 0 unspecified atom stereocenters. The summed E-state index contributed by atoms with van der Waals surface area (Å²) in [4.78, 5) is 41.2. The predicted octanol–water partition coefficient (Wildman–Crippen LogP) is 4.93. The Kier molecular flexibility index (Phi) is 5.50. The summed E-state index contributed by atoms with van der Waals surface area (Å²) in [6.45, 7) is 3.90. The van der Waals surface area contributed by atoms with Crippen LogP contribution in [0.2, 0.25) is 0 Å². The van der Waals surface area contributed by atoms with E-state index in [0.717, 1.165) is 11.1 Å². The summed E-state index contributed by atoms with van der Waals surface area (Å²) in [5.41, 5.74) is 3.30. The van der Waals surface area contributed by atoms with Gasteiger partial charge in [0.15, 0.2) is 6.10 Å². The molecular formula is C26H21NO4. The molecule has 4 aromatic rings. The Hall–Kier alpha value is -3.99. The van der Waals surface area contributed by atoms with Gasteiger partial charge in [0.2, 0.25) is 11.3 Å². The van der Waals surface area contributed by atoms with Crippen molar-refractivity contribution in [1.29, 1.82) is 0 Å². The number of ketones is 1. The second-order valence-electron chi connectivity index (χ2n) is 7.45. The van der Waals surface area contributed by atoms with Gasteiger partial charge in [-0.25, -0.2) is 4.79 Å². The average molecular weight is 411 g/mol. The number of benzene rings is 3. The van der Waals surface area contributed by atoms with Gasteiger partial charge in [0.05, 0.1) is 5.56 Å². The molecule has 4 rings (SSSR count). The standard InChI is InChI=1S/C26H21NO4/c1-16-12-13-19(14-17(16)2)24(29)25(18-8-4-3-5-9-18)31-26(30)21-15-23(28)27-22-11-7-6-10-20(21)22/h3-15,25H,1-2H3,(H,27,28)/t25-/m1/s1. The van der Waals surface area contributed by atoms with Gasteiger partial charge in [-0.15, -0.1) is 0 Å². The van der Waals surface area contributed by atoms with Crippen molar-refractivity contribution in [3.05, 3.63) is 117 Å². The van der Waals surface area contributed by atoms with Crippen LogP contribution in [0.1, 0.15) is 43.5 Å². The Balaban J connectivity index is 1.75. The number of carbonyl (C=O) groups is 2. The molecule has 3 aromatic carbocycles. The third kappa shape index (κ3) is 4.16. The number of hydrogen-bond acceptors (Lipinski definition) is 4. The van der Waals surface area contributed by atoms with Gasteiger partial charge in [0.25, 0.3) is 0 Å². The maximum atomic E-state index is 13.4. The molecule has 0 saturated carbocycles. The fourth-order valence-electron chi connectivity index (χ4n) is 3.49. The highest BCUT2D eigenvalue weighted by atomic mass is 16.5. The topological polar surface area (TPSA) is 76.2 Å². The van der Waals surface area contributed by atoms with Gasteiger partial charge in [-0.2, -0.15) is 0 Å². The number of para-hydroxylation sites is 1. The Morgan fingerprint density at radius 1 is 0.839 bits per heavy atom. The molecule has 1 atom stereocenters. The van der Waals surface area contributed by atoms with Crippen LogP contribution >= 0.6 is 0 Å². The number of ether oxygens (including phenoxy) is 1. The van der Waals surface area contributed by atoms with Crippen molar-refractivity contribution in [2.75, 3.05) is 0 Å². The lowest BCUT2D eigenvalue weighted by Crippen LogP contribution is -2.22. The van der Waals surface area contributed by atoms with E-state index in [1.165, 1.54) is 6.07 Å². The molecule has 1 aromatic heterocycles. The van der Waals surface area contributed by atoms with Crippen molar-refractivity contribution in [3.63, 3.8) is 0 Å². The van der Waals surface area contributed by atoms with Crippen LogP contribution in [0.3, 0.4) is 0 Å². The zero-order valence-corrected chi connectivity index (χ0v) is 17.2. The summed E-state index contributed by atoms with van der Waals surface area (Å²) in [7, 11) is 0. The molecule has 0 amide bonds. The number of rotatable bonds is 5. The number of aromatic nitrogens is 1. The molecule has 0 saturated heterocycles. The van der Waals surface area contributed by atoms with E-state index in [1.54, 1.807) is 60.7 Å². The number of pyridine rings is 1. The van der Waals surface area contributed by atoms with Gasteiger partial charge in [-0.1, -0.05) is 60.7 Å². The van der Waals surface area contributed by atoms with E-state index in [0.29, 0.717) is 22.0 Å². The highest BCUT2D eigenvalue weighted by molar-refractivity contribution is 6.06. The summed E-state index contributed by atoms with van der Waals surface area (Å²) in [6.07, 6.45) is -1.13. The number of aromatic amines is 1. The van der Waals surface area contributed by atoms with Crippen molar-refractivity contribution in [2.24, 2.45) is 0 Å². The lowest BCUT2D eigenvalue weighted by molar-refractivity contribution is 0.0282. The number of fused-ring (bicyclic) bond motifs is 1. The van der Waals surface area contributed by atoms with Crippen LogP contribution < -0.4 is 5.56 Å². The minimum absolute atomic E-state index is 0.119. The molecule has 1 N–H and O–H groups in total. The maximum absolute atomic E-state index is 13.4. The minimum atomic E-state index is -1.13. The average Bonchev–Trinajstić information content (AvgIpc) is 2.78. The largest absolute Gasteiger partial charge is 0.445 e. The van der Waals surface area contributed by atoms with Gasteiger partial charge < -0.3 is 9.72 Å². The summed E-state index contributed by atoms with van der Waals surface area (Å²) in [5, 5.41) is 0.553. The number of hydrogen-bond donors (Lipinski definition) is 1. The molecular weight excluding hydrogens is 390 g/mol. The van der Waals surface area contributed by atoms with E-state index in [1.807, 2.05) is 26.0 Å². The maximum Gasteiger partial charge on any atom is 0.340 e. The zero-order valence-electron chi connectivity index (χ0n) is 17.2. The Bertz CT molecular complexity index is 1340. The Morgan fingerprint density at radius 2 is 1.55 bits per heavy atom. The third-order valence-corrected chi connectivity index (χ3v) is 5.33. The molecule has 0 fully saturated rings. The Morgan fingerprint density at radius 3 is 2.29 bits per heavy atom. The fraction of sp³-hybridized carbons (Fsp3) is 0.115. The zero-order chi connectivity index (χ0) is 22.0. The first-order chi connectivity index (χ1) is 14.9. The number of nitrogens with one attached hydrogen (secondary N) is 1. The second kappa shape index (κ2) is 8.40. The first kappa shape index (κ1) is 20.3. The number of esters is 1. The molecule has 0 aliphatic heterocycles. The Labute approximate surface area is 179 Å². The van der Waals surface area contributed by atoms with E-state index >= 15 is 0 Å². The highest BCUT2D eigenvalue weighted by Crippen LogP contribution is 2.26. The molecule has 0 aliphatic carbocycles. The van der Waals surface area contributed by atoms with Gasteiger partial charge in [-0.05, 0) is 37.1 Å². The van der Waals surface area contributed by atoms with Crippen LogP contribution in [-0.2, 0) is 4.74 Å². The van der Waals surface area contributed by atoms with Gasteiger partial charge >= 0.3 is 5.97 Å². The monoisotopic (exact) mass is 411 g/mol. The minimum Gasteiger partial charge on any atom is -0.445 e. The molecule has 1 heterocycles. The van der Waals surface area contributed by atoms with Gasteiger partial charge in [-0.3, -0.25) is 9.59 Å². The van der Waals surface area contributed by atoms with E-state index in [4.69, 9.17) is 4.74 Å². The van der Waals surface area contributed by atoms with Gasteiger partial charge in [0.1, 0.15) is 0 Å². The third-order valence-electron chi connectivity index (χ3n) is 5.33. The molecule has 0 aliphatic rings. The molecule has 0 radical (unpaired) electrons. The van der Waals surface area contributed by atoms with Gasteiger partial charge in [0, 0.05) is 28.1 Å². The summed E-state index contributed by atoms with van der Waals surface area (Å²) in [6, 6.07) is 22.5. The second-order valence-corrected chi connectivity index (χ2v) is 7.45. The van der Waals surface area contributed by atoms with Crippen LogP contribution in [0.5, 0.6) is 0 Å². The van der Waals surface area contributed by atoms with Crippen molar-refractivity contribution in [3.8, 4) is 0 Å². The van der Waals surface area contributed by atoms with E-state index in [9.17, 15) is 14.4 Å². The number of Topliss-reactive ketones (excluding diaryl/α,β-unsaturated/α-hetero) is 1. The molecule has 5 nitrogen and oxygen atoms in total. The molecule has 0 spiro atoms. The number of H-pyrrole nitrogens is 1. The molecule has 5 heteroatoms. The lowest BCUT2D eigenvalue weighted by Gasteiger charge is -2.18. The summed E-state index contributed by atoms with van der Waals surface area (Å²) < 4.78 is 5.73. The lowest BCUT2D eigenvalue weighted by atomic mass is 9.97. The summed E-state index contributed by atoms with van der Waals surface area (Å²) in [5.74, 6) is -1.05.